The number of carbonyl (C=O) groups excluding carboxylic acids is 1. The summed E-state index contributed by atoms with van der Waals surface area (Å²) in [6, 6.07) is 6.77. The number of nitrogens with one attached hydrogen (secondary N) is 1. The minimum atomic E-state index is -0.193. The average molecular weight is 316 g/mol. The van der Waals surface area contributed by atoms with Crippen molar-refractivity contribution in [2.24, 2.45) is 11.3 Å². The first kappa shape index (κ1) is 15.1. The van der Waals surface area contributed by atoms with Gasteiger partial charge in [0.2, 0.25) is 5.91 Å². The minimum Gasteiger partial charge on any atom is -0.342 e. The number of hydrogen-bond donors (Lipinski definition) is 1. The van der Waals surface area contributed by atoms with Crippen LogP contribution in [0.3, 0.4) is 0 Å². The van der Waals surface area contributed by atoms with Gasteiger partial charge < -0.3 is 10.2 Å². The standard InChI is InChI=1S/C19H25FN2O/c20-17-3-1-14(2-4-17)15-5-10-22(13-15)18(23)16-11-19(12-16)6-8-21-9-7-19/h1-4,15-16,21H,5-13H2. The smallest absolute Gasteiger partial charge is 0.225 e. The summed E-state index contributed by atoms with van der Waals surface area (Å²) in [5.74, 6) is 0.785. The van der Waals surface area contributed by atoms with Gasteiger partial charge in [0.25, 0.3) is 0 Å². The van der Waals surface area contributed by atoms with Gasteiger partial charge in [0.05, 0.1) is 0 Å². The molecule has 0 radical (unpaired) electrons. The second-order valence-corrected chi connectivity index (χ2v) is 7.68. The van der Waals surface area contributed by atoms with E-state index >= 15 is 0 Å². The van der Waals surface area contributed by atoms with Crippen LogP contribution in [0.5, 0.6) is 0 Å². The van der Waals surface area contributed by atoms with Gasteiger partial charge in [-0.3, -0.25) is 4.79 Å². The molecule has 1 aromatic rings. The van der Waals surface area contributed by atoms with Crippen LogP contribution in [0.4, 0.5) is 4.39 Å². The number of nitrogens with zero attached hydrogens (tertiary/aromatic N) is 1. The van der Waals surface area contributed by atoms with Crippen LogP contribution in [0.1, 0.15) is 43.6 Å². The fraction of sp³-hybridized carbons (Fsp3) is 0.632. The number of piperidine rings is 1. The number of rotatable bonds is 2. The highest BCUT2D eigenvalue weighted by Gasteiger charge is 2.48. The van der Waals surface area contributed by atoms with Crippen molar-refractivity contribution < 1.29 is 9.18 Å². The first-order valence-electron chi connectivity index (χ1n) is 8.90. The third-order valence-corrected chi connectivity index (χ3v) is 6.21. The van der Waals surface area contributed by atoms with Gasteiger partial charge in [-0.2, -0.15) is 0 Å². The topological polar surface area (TPSA) is 32.3 Å². The van der Waals surface area contributed by atoms with Crippen LogP contribution in [0, 0.1) is 17.2 Å². The SMILES string of the molecule is O=C(C1CC2(CCNCC2)C1)N1CCC(c2ccc(F)cc2)C1. The highest BCUT2D eigenvalue weighted by molar-refractivity contribution is 5.80. The van der Waals surface area contributed by atoms with E-state index in [2.05, 4.69) is 5.32 Å². The van der Waals surface area contributed by atoms with Crippen LogP contribution in [-0.2, 0) is 4.79 Å². The predicted molar refractivity (Wildman–Crippen MR) is 87.6 cm³/mol. The van der Waals surface area contributed by atoms with Crippen LogP contribution in [0.2, 0.25) is 0 Å². The molecule has 1 aromatic carbocycles. The number of likely N-dealkylation sites (tertiary alicyclic amines) is 1. The number of carbonyl (C=O) groups is 1. The Morgan fingerprint density at radius 3 is 2.57 bits per heavy atom. The maximum absolute atomic E-state index is 13.0. The lowest BCUT2D eigenvalue weighted by Crippen LogP contribution is -2.50. The van der Waals surface area contributed by atoms with Gasteiger partial charge in [0.15, 0.2) is 0 Å². The molecule has 2 saturated heterocycles. The lowest BCUT2D eigenvalue weighted by Gasteiger charge is -2.50. The fourth-order valence-corrected chi connectivity index (χ4v) is 4.75. The number of hydrogen-bond acceptors (Lipinski definition) is 2. The van der Waals surface area contributed by atoms with Gasteiger partial charge in [0, 0.05) is 24.9 Å². The normalized spacial score (nSPS) is 27.2. The number of halogens is 1. The zero-order chi connectivity index (χ0) is 15.9. The molecule has 23 heavy (non-hydrogen) atoms. The van der Waals surface area contributed by atoms with Crippen molar-refractivity contribution in [3.8, 4) is 0 Å². The Balaban J connectivity index is 1.33. The summed E-state index contributed by atoms with van der Waals surface area (Å²) in [6.45, 7) is 3.87. The monoisotopic (exact) mass is 316 g/mol. The lowest BCUT2D eigenvalue weighted by atomic mass is 9.57. The number of benzene rings is 1. The molecule has 3 nitrogen and oxygen atoms in total. The Hall–Kier alpha value is -1.42. The average Bonchev–Trinajstić information content (AvgIpc) is 3.03. The number of amides is 1. The summed E-state index contributed by atoms with van der Waals surface area (Å²) in [5.41, 5.74) is 1.62. The molecule has 0 aromatic heterocycles. The Kier molecular flexibility index (Phi) is 3.88. The minimum absolute atomic E-state index is 0.193. The van der Waals surface area contributed by atoms with Crippen molar-refractivity contribution >= 4 is 5.91 Å². The second kappa shape index (κ2) is 5.90. The van der Waals surface area contributed by atoms with E-state index in [0.717, 1.165) is 51.0 Å². The predicted octanol–water partition coefficient (Wildman–Crippen LogP) is 2.92. The maximum atomic E-state index is 13.0. The lowest BCUT2D eigenvalue weighted by molar-refractivity contribution is -0.143. The summed E-state index contributed by atoms with van der Waals surface area (Å²) >= 11 is 0. The summed E-state index contributed by atoms with van der Waals surface area (Å²) in [4.78, 5) is 14.8. The van der Waals surface area contributed by atoms with E-state index in [1.54, 1.807) is 0 Å². The van der Waals surface area contributed by atoms with Gasteiger partial charge in [-0.05, 0) is 68.3 Å². The van der Waals surface area contributed by atoms with Gasteiger partial charge >= 0.3 is 0 Å². The molecule has 1 atom stereocenters. The Bertz CT molecular complexity index is 572. The molecule has 4 heteroatoms. The van der Waals surface area contributed by atoms with Crippen LogP contribution >= 0.6 is 0 Å². The molecular formula is C19H25FN2O. The molecule has 1 unspecified atom stereocenters. The summed E-state index contributed by atoms with van der Waals surface area (Å²) in [7, 11) is 0. The third kappa shape index (κ3) is 2.89. The molecule has 2 heterocycles. The van der Waals surface area contributed by atoms with Crippen LogP contribution in [0.15, 0.2) is 24.3 Å². The molecule has 4 rings (SSSR count). The van der Waals surface area contributed by atoms with Gasteiger partial charge in [-0.1, -0.05) is 12.1 Å². The summed E-state index contributed by atoms with van der Waals surface area (Å²) in [5, 5.41) is 3.41. The highest BCUT2D eigenvalue weighted by atomic mass is 19.1. The van der Waals surface area contributed by atoms with Crippen molar-refractivity contribution in [1.82, 2.24) is 10.2 Å². The molecule has 1 N–H and O–H groups in total. The molecule has 1 aliphatic carbocycles. The molecule has 1 amide bonds. The first-order chi connectivity index (χ1) is 11.2. The third-order valence-electron chi connectivity index (χ3n) is 6.21. The van der Waals surface area contributed by atoms with E-state index < -0.39 is 0 Å². The molecule has 1 spiro atoms. The van der Waals surface area contributed by atoms with Crippen molar-refractivity contribution in [3.63, 3.8) is 0 Å². The van der Waals surface area contributed by atoms with E-state index in [0.29, 0.717) is 17.2 Å². The van der Waals surface area contributed by atoms with E-state index in [4.69, 9.17) is 0 Å². The Morgan fingerprint density at radius 1 is 1.17 bits per heavy atom. The van der Waals surface area contributed by atoms with E-state index in [9.17, 15) is 9.18 Å². The maximum Gasteiger partial charge on any atom is 0.225 e. The van der Waals surface area contributed by atoms with Crippen molar-refractivity contribution in [2.45, 2.75) is 38.0 Å². The molecule has 3 fully saturated rings. The van der Waals surface area contributed by atoms with Gasteiger partial charge in [-0.25, -0.2) is 4.39 Å². The largest absolute Gasteiger partial charge is 0.342 e. The summed E-state index contributed by atoms with van der Waals surface area (Å²) in [6.07, 6.45) is 5.64. The zero-order valence-corrected chi connectivity index (χ0v) is 13.6. The first-order valence-corrected chi connectivity index (χ1v) is 8.90. The van der Waals surface area contributed by atoms with Crippen LogP contribution in [0.25, 0.3) is 0 Å². The van der Waals surface area contributed by atoms with Gasteiger partial charge in [-0.15, -0.1) is 0 Å². The van der Waals surface area contributed by atoms with Crippen LogP contribution < -0.4 is 5.32 Å². The summed E-state index contributed by atoms with van der Waals surface area (Å²) < 4.78 is 13.0. The molecule has 0 bridgehead atoms. The Morgan fingerprint density at radius 2 is 1.87 bits per heavy atom. The quantitative estimate of drug-likeness (QED) is 0.910. The molecule has 3 aliphatic rings. The van der Waals surface area contributed by atoms with Gasteiger partial charge in [0.1, 0.15) is 5.82 Å². The fourth-order valence-electron chi connectivity index (χ4n) is 4.75. The van der Waals surface area contributed by atoms with E-state index in [1.165, 1.54) is 25.0 Å². The van der Waals surface area contributed by atoms with E-state index in [1.807, 2.05) is 17.0 Å². The van der Waals surface area contributed by atoms with Crippen molar-refractivity contribution in [2.75, 3.05) is 26.2 Å². The van der Waals surface area contributed by atoms with Crippen LogP contribution in [-0.4, -0.2) is 37.0 Å². The van der Waals surface area contributed by atoms with Crippen molar-refractivity contribution in [3.05, 3.63) is 35.6 Å². The molecule has 2 aliphatic heterocycles. The van der Waals surface area contributed by atoms with Crippen molar-refractivity contribution in [1.29, 1.82) is 0 Å². The van der Waals surface area contributed by atoms with E-state index in [-0.39, 0.29) is 11.7 Å². The second-order valence-electron chi connectivity index (χ2n) is 7.68. The molecule has 124 valence electrons. The molecule has 1 saturated carbocycles. The molecular weight excluding hydrogens is 291 g/mol. The zero-order valence-electron chi connectivity index (χ0n) is 13.6. The Labute approximate surface area is 137 Å². The highest BCUT2D eigenvalue weighted by Crippen LogP contribution is 2.52.